The highest BCUT2D eigenvalue weighted by Crippen LogP contribution is 2.39. The molecule has 0 bridgehead atoms. The van der Waals surface area contributed by atoms with Crippen LogP contribution in [0, 0.1) is 11.3 Å². The van der Waals surface area contributed by atoms with Gasteiger partial charge < -0.3 is 10.1 Å². The Hall–Kier alpha value is -1.73. The van der Waals surface area contributed by atoms with Gasteiger partial charge in [0.15, 0.2) is 0 Å². The van der Waals surface area contributed by atoms with Crippen LogP contribution in [0.2, 0.25) is 0 Å². The highest BCUT2D eigenvalue weighted by molar-refractivity contribution is 5.59. The zero-order chi connectivity index (χ0) is 14.2. The van der Waals surface area contributed by atoms with Crippen molar-refractivity contribution in [1.29, 1.82) is 5.26 Å². The maximum atomic E-state index is 9.70. The number of nitrogens with one attached hydrogen (secondary N) is 1. The zero-order valence-corrected chi connectivity index (χ0v) is 12.1. The van der Waals surface area contributed by atoms with Crippen LogP contribution in [0.25, 0.3) is 0 Å². The first-order chi connectivity index (χ1) is 9.67. The van der Waals surface area contributed by atoms with E-state index in [0.717, 1.165) is 24.4 Å². The molecule has 1 N–H and O–H groups in total. The Morgan fingerprint density at radius 1 is 1.40 bits per heavy atom. The number of methoxy groups -OCH3 is 1. The van der Waals surface area contributed by atoms with Crippen molar-refractivity contribution in [3.8, 4) is 11.8 Å². The maximum absolute atomic E-state index is 9.70. The van der Waals surface area contributed by atoms with Crippen LogP contribution in [0.15, 0.2) is 24.3 Å². The Labute approximate surface area is 120 Å². The van der Waals surface area contributed by atoms with Gasteiger partial charge in [0.1, 0.15) is 11.3 Å². The van der Waals surface area contributed by atoms with Crippen molar-refractivity contribution in [2.24, 2.45) is 0 Å². The number of nitrogens with zero attached hydrogens (tertiary/aromatic N) is 2. The van der Waals surface area contributed by atoms with Crippen molar-refractivity contribution < 1.29 is 4.74 Å². The second kappa shape index (κ2) is 4.99. The molecule has 4 nitrogen and oxygen atoms in total. The van der Waals surface area contributed by atoms with Gasteiger partial charge in [-0.1, -0.05) is 12.1 Å². The monoisotopic (exact) mass is 271 g/mol. The Morgan fingerprint density at radius 3 is 2.80 bits per heavy atom. The van der Waals surface area contributed by atoms with Crippen molar-refractivity contribution in [1.82, 2.24) is 4.90 Å². The molecule has 20 heavy (non-hydrogen) atoms. The van der Waals surface area contributed by atoms with Gasteiger partial charge in [0.2, 0.25) is 0 Å². The summed E-state index contributed by atoms with van der Waals surface area (Å²) in [5.74, 6) is 0.791. The van der Waals surface area contributed by atoms with Crippen LogP contribution in [0.1, 0.15) is 26.2 Å². The Morgan fingerprint density at radius 2 is 2.15 bits per heavy atom. The fourth-order valence-electron chi connectivity index (χ4n) is 3.25. The third-order valence-electron chi connectivity index (χ3n) is 4.37. The molecule has 3 rings (SSSR count). The number of rotatable bonds is 4. The van der Waals surface area contributed by atoms with Crippen LogP contribution in [-0.4, -0.2) is 36.2 Å². The molecular weight excluding hydrogens is 250 g/mol. The lowest BCUT2D eigenvalue weighted by Gasteiger charge is -2.25. The molecule has 0 spiro atoms. The molecule has 1 aliphatic carbocycles. The van der Waals surface area contributed by atoms with Crippen molar-refractivity contribution >= 4 is 5.69 Å². The molecule has 1 aliphatic heterocycles. The topological polar surface area (TPSA) is 48.3 Å². The minimum Gasteiger partial charge on any atom is -0.495 e. The standard InChI is InChI=1S/C16H21N3O/c1-12-9-16(10-17,11-19(12)13-7-8-13)18-14-5-3-4-6-15(14)20-2/h3-6,12-13,18H,7-9,11H2,1-2H3. The van der Waals surface area contributed by atoms with Crippen molar-refractivity contribution in [2.45, 2.75) is 43.8 Å². The van der Waals surface area contributed by atoms with E-state index in [9.17, 15) is 5.26 Å². The third kappa shape index (κ3) is 2.34. The van der Waals surface area contributed by atoms with Crippen molar-refractivity contribution in [3.05, 3.63) is 24.3 Å². The Balaban J connectivity index is 1.82. The van der Waals surface area contributed by atoms with E-state index in [4.69, 9.17) is 4.74 Å². The molecule has 2 fully saturated rings. The maximum Gasteiger partial charge on any atom is 0.141 e. The minimum atomic E-state index is -0.503. The number of likely N-dealkylation sites (tertiary alicyclic amines) is 1. The van der Waals surface area contributed by atoms with Gasteiger partial charge in [-0.25, -0.2) is 0 Å². The van der Waals surface area contributed by atoms with Gasteiger partial charge in [-0.3, -0.25) is 4.90 Å². The number of hydrogen-bond donors (Lipinski definition) is 1. The molecule has 0 amide bonds. The summed E-state index contributed by atoms with van der Waals surface area (Å²) in [4.78, 5) is 2.48. The summed E-state index contributed by atoms with van der Waals surface area (Å²) in [6.45, 7) is 3.02. The first kappa shape index (κ1) is 13.3. The van der Waals surface area contributed by atoms with E-state index < -0.39 is 5.54 Å². The molecule has 1 aromatic carbocycles. The molecule has 106 valence electrons. The quantitative estimate of drug-likeness (QED) is 0.914. The summed E-state index contributed by atoms with van der Waals surface area (Å²) in [5.41, 5.74) is 0.401. The number of hydrogen-bond acceptors (Lipinski definition) is 4. The molecule has 1 aromatic rings. The van der Waals surface area contributed by atoms with Gasteiger partial charge in [-0.15, -0.1) is 0 Å². The largest absolute Gasteiger partial charge is 0.495 e. The number of benzene rings is 1. The van der Waals surface area contributed by atoms with Crippen LogP contribution in [0.5, 0.6) is 5.75 Å². The molecule has 4 heteroatoms. The van der Waals surface area contributed by atoms with E-state index >= 15 is 0 Å². The number of anilines is 1. The first-order valence-electron chi connectivity index (χ1n) is 7.26. The summed E-state index contributed by atoms with van der Waals surface area (Å²) in [6.07, 6.45) is 3.42. The minimum absolute atomic E-state index is 0.462. The molecule has 1 heterocycles. The molecular formula is C16H21N3O. The van der Waals surface area contributed by atoms with Gasteiger partial charge in [0, 0.05) is 25.0 Å². The highest BCUT2D eigenvalue weighted by Gasteiger charge is 2.47. The summed E-state index contributed by atoms with van der Waals surface area (Å²) < 4.78 is 5.37. The predicted molar refractivity (Wildman–Crippen MR) is 78.8 cm³/mol. The SMILES string of the molecule is COc1ccccc1NC1(C#N)CC(C)N(C2CC2)C1. The normalized spacial score (nSPS) is 29.9. The fraction of sp³-hybridized carbons (Fsp3) is 0.562. The van der Waals surface area contributed by atoms with Crippen LogP contribution >= 0.6 is 0 Å². The second-order valence-electron chi connectivity index (χ2n) is 5.98. The van der Waals surface area contributed by atoms with E-state index in [1.54, 1.807) is 7.11 Å². The van der Waals surface area contributed by atoms with E-state index in [2.05, 4.69) is 23.2 Å². The molecule has 0 radical (unpaired) electrons. The number of nitriles is 1. The summed E-state index contributed by atoms with van der Waals surface area (Å²) in [6, 6.07) is 11.5. The fourth-order valence-corrected chi connectivity index (χ4v) is 3.25. The van der Waals surface area contributed by atoms with Gasteiger partial charge in [0.05, 0.1) is 18.9 Å². The number of ether oxygens (including phenoxy) is 1. The lowest BCUT2D eigenvalue weighted by molar-refractivity contribution is 0.255. The van der Waals surface area contributed by atoms with Crippen LogP contribution in [0.3, 0.4) is 0 Å². The summed E-state index contributed by atoms with van der Waals surface area (Å²) >= 11 is 0. The van der Waals surface area contributed by atoms with Crippen LogP contribution < -0.4 is 10.1 Å². The van der Waals surface area contributed by atoms with E-state index in [0.29, 0.717) is 12.1 Å². The average Bonchev–Trinajstić information content (AvgIpc) is 3.25. The van der Waals surface area contributed by atoms with E-state index in [1.165, 1.54) is 12.8 Å². The molecule has 2 atom stereocenters. The zero-order valence-electron chi connectivity index (χ0n) is 12.1. The second-order valence-corrected chi connectivity index (χ2v) is 5.98. The van der Waals surface area contributed by atoms with Gasteiger partial charge in [-0.2, -0.15) is 5.26 Å². The number of para-hydroxylation sites is 2. The first-order valence-corrected chi connectivity index (χ1v) is 7.26. The summed E-state index contributed by atoms with van der Waals surface area (Å²) in [7, 11) is 1.66. The van der Waals surface area contributed by atoms with Crippen molar-refractivity contribution in [3.63, 3.8) is 0 Å². The van der Waals surface area contributed by atoms with Crippen LogP contribution in [0.4, 0.5) is 5.69 Å². The third-order valence-corrected chi connectivity index (χ3v) is 4.37. The lowest BCUT2D eigenvalue weighted by atomic mass is 9.97. The van der Waals surface area contributed by atoms with E-state index in [-0.39, 0.29) is 0 Å². The average molecular weight is 271 g/mol. The van der Waals surface area contributed by atoms with Gasteiger partial charge in [0.25, 0.3) is 0 Å². The van der Waals surface area contributed by atoms with Gasteiger partial charge in [-0.05, 0) is 31.9 Å². The van der Waals surface area contributed by atoms with Crippen LogP contribution in [-0.2, 0) is 0 Å². The van der Waals surface area contributed by atoms with E-state index in [1.807, 2.05) is 24.3 Å². The molecule has 1 saturated heterocycles. The summed E-state index contributed by atoms with van der Waals surface area (Å²) in [5, 5.41) is 13.1. The molecule has 1 saturated carbocycles. The predicted octanol–water partition coefficient (Wildman–Crippen LogP) is 2.63. The Bertz CT molecular complexity index is 535. The van der Waals surface area contributed by atoms with Gasteiger partial charge >= 0.3 is 0 Å². The highest BCUT2D eigenvalue weighted by atomic mass is 16.5. The molecule has 0 aromatic heterocycles. The van der Waals surface area contributed by atoms with Crippen molar-refractivity contribution in [2.75, 3.05) is 19.0 Å². The molecule has 2 aliphatic rings. The molecule has 2 unspecified atom stereocenters. The lowest BCUT2D eigenvalue weighted by Crippen LogP contribution is -2.40. The smallest absolute Gasteiger partial charge is 0.141 e. The Kier molecular flexibility index (Phi) is 3.31.